The summed E-state index contributed by atoms with van der Waals surface area (Å²) < 4.78 is 0. The van der Waals surface area contributed by atoms with E-state index in [4.69, 9.17) is 0 Å². The molecule has 0 fully saturated rings. The molecule has 6 heteroatoms. The Labute approximate surface area is 113 Å². The van der Waals surface area contributed by atoms with Gasteiger partial charge in [-0.25, -0.2) is 0 Å². The normalized spacial score (nSPS) is 10.0. The Balaban J connectivity index is 2.19. The molecule has 2 aromatic rings. The summed E-state index contributed by atoms with van der Waals surface area (Å²) in [6, 6.07) is 7.89. The van der Waals surface area contributed by atoms with Crippen molar-refractivity contribution in [3.63, 3.8) is 0 Å². The molecule has 1 aromatic heterocycles. The largest absolute Gasteiger partial charge is 0.378 e. The lowest BCUT2D eigenvalue weighted by Gasteiger charge is -2.09. The first kappa shape index (κ1) is 12.7. The highest BCUT2D eigenvalue weighted by atomic mass is 32.2. The predicted molar refractivity (Wildman–Crippen MR) is 75.2 cm³/mol. The molecule has 0 radical (unpaired) electrons. The van der Waals surface area contributed by atoms with Crippen LogP contribution in [-0.2, 0) is 6.54 Å². The van der Waals surface area contributed by atoms with Crippen LogP contribution in [0.5, 0.6) is 0 Å². The van der Waals surface area contributed by atoms with Gasteiger partial charge in [0, 0.05) is 16.0 Å². The molecule has 18 heavy (non-hydrogen) atoms. The number of aromatic nitrogens is 1. The number of hydrogen-bond donors (Lipinski definition) is 2. The number of nitrogens with one attached hydrogen (secondary N) is 2. The molecule has 92 valence electrons. The molecule has 0 aliphatic heterocycles. The molecule has 0 aliphatic rings. The van der Waals surface area contributed by atoms with Crippen molar-refractivity contribution in [2.75, 3.05) is 11.6 Å². The highest BCUT2D eigenvalue weighted by molar-refractivity contribution is 7.98. The fraction of sp³-hybridized carbons (Fsp3) is 0.167. The lowest BCUT2D eigenvalue weighted by atomic mass is 10.2. The number of thiazole rings is 1. The van der Waals surface area contributed by atoms with Crippen LogP contribution in [0, 0.1) is 11.3 Å². The number of aromatic amines is 1. The summed E-state index contributed by atoms with van der Waals surface area (Å²) in [6.45, 7) is 0.505. The maximum Gasteiger partial charge on any atom is 0.304 e. The lowest BCUT2D eigenvalue weighted by Crippen LogP contribution is -2.04. The Hall–Kier alpha value is -1.71. The van der Waals surface area contributed by atoms with Gasteiger partial charge in [0.2, 0.25) is 0 Å². The van der Waals surface area contributed by atoms with E-state index in [2.05, 4.69) is 16.4 Å². The van der Waals surface area contributed by atoms with Crippen LogP contribution in [0.25, 0.3) is 0 Å². The van der Waals surface area contributed by atoms with E-state index in [0.717, 1.165) is 27.6 Å². The number of rotatable bonds is 4. The van der Waals surface area contributed by atoms with Gasteiger partial charge < -0.3 is 10.3 Å². The third-order valence-electron chi connectivity index (χ3n) is 2.40. The van der Waals surface area contributed by atoms with Crippen LogP contribution < -0.4 is 10.2 Å². The summed E-state index contributed by atoms with van der Waals surface area (Å²) in [5, 5.41) is 14.1. The zero-order valence-electron chi connectivity index (χ0n) is 9.69. The SMILES string of the molecule is CSc1cccc(NCc2csc(=O)[nH]2)c1C#N. The van der Waals surface area contributed by atoms with Gasteiger partial charge in [-0.05, 0) is 18.4 Å². The standard InChI is InChI=1S/C12H11N3OS2/c1-17-11-4-2-3-10(9(11)5-13)14-6-8-7-18-12(16)15-8/h2-4,7,14H,6H2,1H3,(H,15,16). The van der Waals surface area contributed by atoms with Crippen molar-refractivity contribution in [3.05, 3.63) is 44.5 Å². The Morgan fingerprint density at radius 1 is 1.56 bits per heavy atom. The first-order valence-corrected chi connectivity index (χ1v) is 7.32. The average molecular weight is 277 g/mol. The average Bonchev–Trinajstić information content (AvgIpc) is 2.81. The van der Waals surface area contributed by atoms with Gasteiger partial charge in [-0.15, -0.1) is 11.8 Å². The van der Waals surface area contributed by atoms with Crippen molar-refractivity contribution >= 4 is 28.8 Å². The number of anilines is 1. The van der Waals surface area contributed by atoms with E-state index in [0.29, 0.717) is 12.1 Å². The molecule has 0 bridgehead atoms. The number of nitriles is 1. The molecule has 0 aliphatic carbocycles. The molecule has 4 nitrogen and oxygen atoms in total. The molecule has 0 amide bonds. The second-order valence-corrected chi connectivity index (χ2v) is 5.21. The van der Waals surface area contributed by atoms with Crippen molar-refractivity contribution in [2.45, 2.75) is 11.4 Å². The summed E-state index contributed by atoms with van der Waals surface area (Å²) in [7, 11) is 0. The Bertz CT molecular complexity index is 639. The van der Waals surface area contributed by atoms with Gasteiger partial charge in [0.25, 0.3) is 0 Å². The topological polar surface area (TPSA) is 68.7 Å². The fourth-order valence-electron chi connectivity index (χ4n) is 1.55. The van der Waals surface area contributed by atoms with Crippen LogP contribution in [0.1, 0.15) is 11.3 Å². The van der Waals surface area contributed by atoms with Gasteiger partial charge in [0.1, 0.15) is 6.07 Å². The van der Waals surface area contributed by atoms with E-state index in [1.54, 1.807) is 17.1 Å². The number of benzene rings is 1. The Morgan fingerprint density at radius 2 is 2.39 bits per heavy atom. The van der Waals surface area contributed by atoms with E-state index < -0.39 is 0 Å². The van der Waals surface area contributed by atoms with Gasteiger partial charge in [-0.1, -0.05) is 17.4 Å². The molecule has 1 heterocycles. The number of thioether (sulfide) groups is 1. The molecule has 0 unspecified atom stereocenters. The second-order valence-electron chi connectivity index (χ2n) is 3.52. The van der Waals surface area contributed by atoms with Crippen molar-refractivity contribution in [3.8, 4) is 6.07 Å². The molecule has 1 aromatic carbocycles. The Morgan fingerprint density at radius 3 is 3.00 bits per heavy atom. The first-order valence-electron chi connectivity index (χ1n) is 5.22. The molecule has 0 atom stereocenters. The van der Waals surface area contributed by atoms with Crippen LogP contribution in [0.4, 0.5) is 5.69 Å². The zero-order valence-corrected chi connectivity index (χ0v) is 11.3. The number of H-pyrrole nitrogens is 1. The second kappa shape index (κ2) is 5.76. The summed E-state index contributed by atoms with van der Waals surface area (Å²) in [4.78, 5) is 14.6. The smallest absolute Gasteiger partial charge is 0.304 e. The Kier molecular flexibility index (Phi) is 4.07. The predicted octanol–water partition coefficient (Wildman–Crippen LogP) is 2.64. The minimum absolute atomic E-state index is 0.0647. The molecule has 0 saturated carbocycles. The highest BCUT2D eigenvalue weighted by Gasteiger charge is 2.07. The molecular weight excluding hydrogens is 266 g/mol. The van der Waals surface area contributed by atoms with Crippen molar-refractivity contribution in [1.29, 1.82) is 5.26 Å². The third-order valence-corrected chi connectivity index (χ3v) is 3.90. The monoisotopic (exact) mass is 277 g/mol. The van der Waals surface area contributed by atoms with Gasteiger partial charge in [0.15, 0.2) is 0 Å². The van der Waals surface area contributed by atoms with E-state index >= 15 is 0 Å². The maximum absolute atomic E-state index is 11.0. The molecule has 0 saturated heterocycles. The van der Waals surface area contributed by atoms with Crippen molar-refractivity contribution in [2.24, 2.45) is 0 Å². The zero-order chi connectivity index (χ0) is 13.0. The first-order chi connectivity index (χ1) is 8.74. The van der Waals surface area contributed by atoms with Crippen LogP contribution in [0.3, 0.4) is 0 Å². The van der Waals surface area contributed by atoms with Gasteiger partial charge in [-0.3, -0.25) is 4.79 Å². The number of hydrogen-bond acceptors (Lipinski definition) is 5. The third kappa shape index (κ3) is 2.75. The molecule has 2 N–H and O–H groups in total. The quantitative estimate of drug-likeness (QED) is 0.843. The summed E-state index contributed by atoms with van der Waals surface area (Å²) in [6.07, 6.45) is 1.94. The van der Waals surface area contributed by atoms with Gasteiger partial charge >= 0.3 is 4.87 Å². The van der Waals surface area contributed by atoms with Crippen molar-refractivity contribution < 1.29 is 0 Å². The highest BCUT2D eigenvalue weighted by Crippen LogP contribution is 2.26. The van der Waals surface area contributed by atoms with E-state index in [1.807, 2.05) is 24.5 Å². The number of nitrogens with zero attached hydrogens (tertiary/aromatic N) is 1. The molecule has 0 spiro atoms. The van der Waals surface area contributed by atoms with Crippen LogP contribution in [0.2, 0.25) is 0 Å². The molecule has 2 rings (SSSR count). The lowest BCUT2D eigenvalue weighted by molar-refractivity contribution is 1.05. The van der Waals surface area contributed by atoms with Crippen LogP contribution >= 0.6 is 23.1 Å². The van der Waals surface area contributed by atoms with Crippen LogP contribution in [0.15, 0.2) is 33.3 Å². The van der Waals surface area contributed by atoms with Gasteiger partial charge in [0.05, 0.1) is 17.8 Å². The van der Waals surface area contributed by atoms with E-state index in [-0.39, 0.29) is 4.87 Å². The van der Waals surface area contributed by atoms with Crippen molar-refractivity contribution in [1.82, 2.24) is 4.98 Å². The minimum Gasteiger partial charge on any atom is -0.378 e. The minimum atomic E-state index is -0.0647. The van der Waals surface area contributed by atoms with E-state index in [1.165, 1.54) is 0 Å². The van der Waals surface area contributed by atoms with Gasteiger partial charge in [-0.2, -0.15) is 5.26 Å². The molecular formula is C12H11N3OS2. The fourth-order valence-corrected chi connectivity index (χ4v) is 2.71. The van der Waals surface area contributed by atoms with Crippen LogP contribution in [-0.4, -0.2) is 11.2 Å². The maximum atomic E-state index is 11.0. The summed E-state index contributed by atoms with van der Waals surface area (Å²) in [5.41, 5.74) is 2.25. The summed E-state index contributed by atoms with van der Waals surface area (Å²) >= 11 is 2.68. The van der Waals surface area contributed by atoms with E-state index in [9.17, 15) is 10.1 Å². The summed E-state index contributed by atoms with van der Waals surface area (Å²) in [5.74, 6) is 0.